The number of hydrogen-bond donors (Lipinski definition) is 1. The second-order valence-electron chi connectivity index (χ2n) is 4.87. The highest BCUT2D eigenvalue weighted by molar-refractivity contribution is 9.10. The van der Waals surface area contributed by atoms with E-state index in [0.717, 1.165) is 16.6 Å². The van der Waals surface area contributed by atoms with Gasteiger partial charge in [-0.1, -0.05) is 39.0 Å². The average Bonchev–Trinajstić information content (AvgIpc) is 2.32. The monoisotopic (exact) mass is 315 g/mol. The molecule has 0 bridgehead atoms. The molecule has 0 saturated heterocycles. The highest BCUT2D eigenvalue weighted by atomic mass is 79.9. The largest absolute Gasteiger partial charge is 0.382 e. The first-order valence-corrected chi connectivity index (χ1v) is 7.64. The lowest BCUT2D eigenvalue weighted by Gasteiger charge is -2.16. The number of unbranched alkanes of at least 4 members (excludes halogenated alkanes) is 4. The smallest absolute Gasteiger partial charge is 0.124 e. The molecule has 1 rings (SSSR count). The molecule has 0 spiro atoms. The zero-order valence-corrected chi connectivity index (χ0v) is 12.9. The maximum Gasteiger partial charge on any atom is 0.124 e. The summed E-state index contributed by atoms with van der Waals surface area (Å²) in [6.07, 6.45) is 7.69. The van der Waals surface area contributed by atoms with E-state index in [4.69, 9.17) is 0 Å². The molecular weight excluding hydrogens is 293 g/mol. The summed E-state index contributed by atoms with van der Waals surface area (Å²) >= 11 is 3.38. The van der Waals surface area contributed by atoms with Crippen LogP contribution in [-0.4, -0.2) is 6.04 Å². The molecule has 0 fully saturated rings. The Labute approximate surface area is 118 Å². The van der Waals surface area contributed by atoms with Crippen molar-refractivity contribution in [3.05, 3.63) is 28.5 Å². The Morgan fingerprint density at radius 2 is 1.94 bits per heavy atom. The first-order valence-electron chi connectivity index (χ1n) is 6.85. The quantitative estimate of drug-likeness (QED) is 0.602. The molecule has 1 aromatic rings. The molecule has 102 valence electrons. The van der Waals surface area contributed by atoms with E-state index >= 15 is 0 Å². The molecule has 0 aliphatic heterocycles. The Morgan fingerprint density at radius 3 is 2.61 bits per heavy atom. The third-order valence-corrected chi connectivity index (χ3v) is 3.73. The van der Waals surface area contributed by atoms with Gasteiger partial charge in [0.05, 0.1) is 0 Å². The van der Waals surface area contributed by atoms with Crippen LogP contribution in [0.1, 0.15) is 52.4 Å². The molecule has 18 heavy (non-hydrogen) atoms. The predicted octanol–water partition coefficient (Wildman–Crippen LogP) is 5.75. The van der Waals surface area contributed by atoms with E-state index in [-0.39, 0.29) is 5.82 Å². The molecular formula is C15H23BrFN. The summed E-state index contributed by atoms with van der Waals surface area (Å²) in [6.45, 7) is 4.41. The van der Waals surface area contributed by atoms with Gasteiger partial charge >= 0.3 is 0 Å². The lowest BCUT2D eigenvalue weighted by molar-refractivity contribution is 0.578. The van der Waals surface area contributed by atoms with Crippen LogP contribution >= 0.6 is 15.9 Å². The van der Waals surface area contributed by atoms with Gasteiger partial charge in [-0.25, -0.2) is 4.39 Å². The number of rotatable bonds is 8. The van der Waals surface area contributed by atoms with Crippen LogP contribution in [0.15, 0.2) is 22.7 Å². The van der Waals surface area contributed by atoms with E-state index in [9.17, 15) is 4.39 Å². The first-order chi connectivity index (χ1) is 8.63. The molecule has 0 radical (unpaired) electrons. The summed E-state index contributed by atoms with van der Waals surface area (Å²) in [7, 11) is 0. The summed E-state index contributed by atoms with van der Waals surface area (Å²) in [6, 6.07) is 5.19. The Hall–Kier alpha value is -0.570. The van der Waals surface area contributed by atoms with Crippen molar-refractivity contribution >= 4 is 21.6 Å². The minimum absolute atomic E-state index is 0.209. The van der Waals surface area contributed by atoms with Crippen LogP contribution in [0.4, 0.5) is 10.1 Å². The van der Waals surface area contributed by atoms with E-state index in [0.29, 0.717) is 6.04 Å². The molecule has 3 heteroatoms. The Morgan fingerprint density at radius 1 is 1.22 bits per heavy atom. The fourth-order valence-electron chi connectivity index (χ4n) is 2.00. The van der Waals surface area contributed by atoms with Gasteiger partial charge in [0.25, 0.3) is 0 Å². The van der Waals surface area contributed by atoms with Crippen molar-refractivity contribution in [1.29, 1.82) is 0 Å². The minimum Gasteiger partial charge on any atom is -0.382 e. The van der Waals surface area contributed by atoms with Gasteiger partial charge in [-0.15, -0.1) is 0 Å². The van der Waals surface area contributed by atoms with Gasteiger partial charge in [-0.2, -0.15) is 0 Å². The van der Waals surface area contributed by atoms with E-state index in [1.54, 1.807) is 6.07 Å². The summed E-state index contributed by atoms with van der Waals surface area (Å²) < 4.78 is 13.7. The normalized spacial score (nSPS) is 12.4. The first kappa shape index (κ1) is 15.5. The number of halogens is 2. The van der Waals surface area contributed by atoms with E-state index in [2.05, 4.69) is 35.1 Å². The second kappa shape index (κ2) is 8.52. The van der Waals surface area contributed by atoms with E-state index < -0.39 is 0 Å². The van der Waals surface area contributed by atoms with Crippen molar-refractivity contribution < 1.29 is 4.39 Å². The van der Waals surface area contributed by atoms with Crippen LogP contribution < -0.4 is 5.32 Å². The minimum atomic E-state index is -0.209. The molecule has 0 amide bonds. The van der Waals surface area contributed by atoms with E-state index in [1.165, 1.54) is 44.2 Å². The van der Waals surface area contributed by atoms with Crippen molar-refractivity contribution in [2.45, 2.75) is 58.4 Å². The van der Waals surface area contributed by atoms with Crippen LogP contribution in [0.3, 0.4) is 0 Å². The fraction of sp³-hybridized carbons (Fsp3) is 0.600. The van der Waals surface area contributed by atoms with E-state index in [1.807, 2.05) is 0 Å². The van der Waals surface area contributed by atoms with Gasteiger partial charge in [0.1, 0.15) is 5.82 Å². The molecule has 0 aliphatic carbocycles. The van der Waals surface area contributed by atoms with Gasteiger partial charge in [0.2, 0.25) is 0 Å². The van der Waals surface area contributed by atoms with Gasteiger partial charge in [-0.05, 0) is 47.5 Å². The van der Waals surface area contributed by atoms with Gasteiger partial charge in [0.15, 0.2) is 0 Å². The maximum atomic E-state index is 12.9. The molecule has 0 saturated carbocycles. The lowest BCUT2D eigenvalue weighted by atomic mass is 10.1. The predicted molar refractivity (Wildman–Crippen MR) is 80.6 cm³/mol. The average molecular weight is 316 g/mol. The summed E-state index contributed by atoms with van der Waals surface area (Å²) in [5.41, 5.74) is 0.970. The molecule has 0 heterocycles. The van der Waals surface area contributed by atoms with Crippen molar-refractivity contribution in [2.75, 3.05) is 5.32 Å². The lowest BCUT2D eigenvalue weighted by Crippen LogP contribution is -2.15. The Kier molecular flexibility index (Phi) is 7.33. The number of hydrogen-bond acceptors (Lipinski definition) is 1. The molecule has 1 nitrogen and oxygen atoms in total. The summed E-state index contributed by atoms with van der Waals surface area (Å²) in [5.74, 6) is -0.209. The van der Waals surface area contributed by atoms with Crippen LogP contribution in [0, 0.1) is 5.82 Å². The highest BCUT2D eigenvalue weighted by Gasteiger charge is 2.05. The molecule has 0 aliphatic rings. The van der Waals surface area contributed by atoms with Crippen molar-refractivity contribution in [2.24, 2.45) is 0 Å². The molecule has 0 aromatic heterocycles. The van der Waals surface area contributed by atoms with Crippen LogP contribution in [0.2, 0.25) is 0 Å². The zero-order valence-electron chi connectivity index (χ0n) is 11.3. The fourth-order valence-corrected chi connectivity index (χ4v) is 2.46. The molecule has 1 aromatic carbocycles. The Bertz CT molecular complexity index is 354. The maximum absolute atomic E-state index is 12.9. The highest BCUT2D eigenvalue weighted by Crippen LogP contribution is 2.24. The SMILES string of the molecule is CCCCCCCC(C)Nc1ccc(F)cc1Br. The standard InChI is InChI=1S/C15H23BrFN/c1-3-4-5-6-7-8-12(2)18-15-10-9-13(17)11-14(15)16/h9-12,18H,3-8H2,1-2H3. The van der Waals surface area contributed by atoms with Crippen molar-refractivity contribution in [3.63, 3.8) is 0 Å². The van der Waals surface area contributed by atoms with Crippen LogP contribution in [0.25, 0.3) is 0 Å². The number of benzene rings is 1. The second-order valence-corrected chi connectivity index (χ2v) is 5.73. The third kappa shape index (κ3) is 5.85. The van der Waals surface area contributed by atoms with Gasteiger partial charge in [-0.3, -0.25) is 0 Å². The summed E-state index contributed by atoms with van der Waals surface area (Å²) in [5, 5.41) is 3.41. The van der Waals surface area contributed by atoms with Crippen molar-refractivity contribution in [1.82, 2.24) is 0 Å². The van der Waals surface area contributed by atoms with Gasteiger partial charge in [0, 0.05) is 16.2 Å². The third-order valence-electron chi connectivity index (χ3n) is 3.07. The molecule has 1 unspecified atom stereocenters. The van der Waals surface area contributed by atoms with Crippen molar-refractivity contribution in [3.8, 4) is 0 Å². The zero-order chi connectivity index (χ0) is 13.4. The number of nitrogens with one attached hydrogen (secondary N) is 1. The van der Waals surface area contributed by atoms with Crippen LogP contribution in [-0.2, 0) is 0 Å². The molecule has 1 atom stereocenters. The molecule has 1 N–H and O–H groups in total. The topological polar surface area (TPSA) is 12.0 Å². The summed E-state index contributed by atoms with van der Waals surface area (Å²) in [4.78, 5) is 0. The van der Waals surface area contributed by atoms with Gasteiger partial charge < -0.3 is 5.32 Å². The Balaban J connectivity index is 2.28. The van der Waals surface area contributed by atoms with Crippen LogP contribution in [0.5, 0.6) is 0 Å². The number of anilines is 1.